The lowest BCUT2D eigenvalue weighted by atomic mass is 9.96. The van der Waals surface area contributed by atoms with Crippen molar-refractivity contribution in [3.05, 3.63) is 89.6 Å². The number of nitrogens with zero attached hydrogens (tertiary/aromatic N) is 3. The van der Waals surface area contributed by atoms with E-state index < -0.39 is 5.91 Å². The number of ether oxygens (including phenoxy) is 1. The van der Waals surface area contributed by atoms with Crippen LogP contribution in [0.4, 0.5) is 5.69 Å². The quantitative estimate of drug-likeness (QED) is 0.326. The molecule has 1 aliphatic rings. The second-order valence-electron chi connectivity index (χ2n) is 9.32. The van der Waals surface area contributed by atoms with Crippen molar-refractivity contribution in [2.75, 3.05) is 44.7 Å². The van der Waals surface area contributed by atoms with Crippen molar-refractivity contribution in [3.63, 3.8) is 0 Å². The lowest BCUT2D eigenvalue weighted by Crippen LogP contribution is -2.47. The molecule has 4 aromatic rings. The number of amides is 1. The molecule has 0 aliphatic carbocycles. The lowest BCUT2D eigenvalue weighted by molar-refractivity contribution is 0.100. The van der Waals surface area contributed by atoms with Crippen molar-refractivity contribution in [1.82, 2.24) is 9.88 Å². The molecule has 2 N–H and O–H groups in total. The maximum atomic E-state index is 12.0. The standard InChI is InChI=1S/C30H32N4O2.2ClH/c1-21-12-13-24-26(32-21)9-5-10-27(24)34-18-16-33(17-19-34)15-14-22-6-3-7-23(20-22)29-25(30(31)35)8-4-11-28(29)36-2;;/h3-13,20H,14-19H2,1-2H3,(H2,31,35);2*1H. The number of aromatic nitrogens is 1. The Morgan fingerprint density at radius 1 is 0.947 bits per heavy atom. The minimum atomic E-state index is -0.454. The highest BCUT2D eigenvalue weighted by Gasteiger charge is 2.19. The zero-order chi connectivity index (χ0) is 25.1. The molecule has 200 valence electrons. The summed E-state index contributed by atoms with van der Waals surface area (Å²) in [5, 5.41) is 1.22. The van der Waals surface area contributed by atoms with E-state index >= 15 is 0 Å². The number of carbonyl (C=O) groups excluding carboxylic acids is 1. The van der Waals surface area contributed by atoms with E-state index in [1.807, 2.05) is 25.1 Å². The highest BCUT2D eigenvalue weighted by molar-refractivity contribution is 6.01. The Hall–Kier alpha value is -3.32. The number of methoxy groups -OCH3 is 1. The SMILES string of the molecule is COc1cccc(C(N)=O)c1-c1cccc(CCN2CCN(c3cccc4nc(C)ccc34)CC2)c1.Cl.Cl. The van der Waals surface area contributed by atoms with Gasteiger partial charge in [-0.1, -0.05) is 36.4 Å². The number of hydrogen-bond acceptors (Lipinski definition) is 5. The molecular weight excluding hydrogens is 519 g/mol. The van der Waals surface area contributed by atoms with Crippen LogP contribution < -0.4 is 15.4 Å². The second kappa shape index (κ2) is 13.0. The summed E-state index contributed by atoms with van der Waals surface area (Å²) in [5.41, 5.74) is 12.4. The summed E-state index contributed by atoms with van der Waals surface area (Å²) in [7, 11) is 1.61. The van der Waals surface area contributed by atoms with Crippen LogP contribution in [0.25, 0.3) is 22.0 Å². The third kappa shape index (κ3) is 6.21. The number of nitrogens with two attached hydrogens (primary N) is 1. The number of aryl methyl sites for hydroxylation is 1. The van der Waals surface area contributed by atoms with Crippen LogP contribution >= 0.6 is 24.8 Å². The fraction of sp³-hybridized carbons (Fsp3) is 0.267. The monoisotopic (exact) mass is 552 g/mol. The Kier molecular flexibility index (Phi) is 9.97. The fourth-order valence-corrected chi connectivity index (χ4v) is 5.10. The summed E-state index contributed by atoms with van der Waals surface area (Å²) in [4.78, 5) is 21.7. The molecule has 5 rings (SSSR count). The van der Waals surface area contributed by atoms with Crippen LogP contribution in [0.15, 0.2) is 72.8 Å². The molecule has 8 heteroatoms. The van der Waals surface area contributed by atoms with E-state index in [4.69, 9.17) is 15.5 Å². The van der Waals surface area contributed by atoms with Crippen LogP contribution in [0.1, 0.15) is 21.6 Å². The average Bonchev–Trinajstić information content (AvgIpc) is 2.91. The van der Waals surface area contributed by atoms with Crippen LogP contribution in [0, 0.1) is 6.92 Å². The van der Waals surface area contributed by atoms with Crippen molar-refractivity contribution < 1.29 is 9.53 Å². The molecule has 0 spiro atoms. The molecule has 2 heterocycles. The molecule has 1 aliphatic heterocycles. The summed E-state index contributed by atoms with van der Waals surface area (Å²) >= 11 is 0. The number of rotatable bonds is 7. The Balaban J connectivity index is 0.00000200. The van der Waals surface area contributed by atoms with Gasteiger partial charge in [-0.15, -0.1) is 24.8 Å². The van der Waals surface area contributed by atoms with E-state index in [0.29, 0.717) is 11.3 Å². The summed E-state index contributed by atoms with van der Waals surface area (Å²) < 4.78 is 5.54. The first-order valence-corrected chi connectivity index (χ1v) is 12.4. The summed E-state index contributed by atoms with van der Waals surface area (Å²) in [6, 6.07) is 24.4. The number of hydrogen-bond donors (Lipinski definition) is 1. The summed E-state index contributed by atoms with van der Waals surface area (Å²) in [6.07, 6.45) is 0.937. The molecule has 38 heavy (non-hydrogen) atoms. The first-order valence-electron chi connectivity index (χ1n) is 12.4. The molecule has 1 aromatic heterocycles. The van der Waals surface area contributed by atoms with Crippen molar-refractivity contribution in [2.24, 2.45) is 5.73 Å². The third-order valence-electron chi connectivity index (χ3n) is 7.01. The Morgan fingerprint density at radius 3 is 2.42 bits per heavy atom. The maximum absolute atomic E-state index is 12.0. The molecule has 0 radical (unpaired) electrons. The van der Waals surface area contributed by atoms with Crippen LogP contribution in [0.5, 0.6) is 5.75 Å². The van der Waals surface area contributed by atoms with E-state index in [0.717, 1.165) is 61.5 Å². The van der Waals surface area contributed by atoms with Gasteiger partial charge in [0.05, 0.1) is 18.2 Å². The van der Waals surface area contributed by atoms with Crippen LogP contribution in [0.2, 0.25) is 0 Å². The zero-order valence-corrected chi connectivity index (χ0v) is 23.4. The number of carbonyl (C=O) groups is 1. The predicted molar refractivity (Wildman–Crippen MR) is 160 cm³/mol. The Morgan fingerprint density at radius 2 is 1.68 bits per heavy atom. The van der Waals surface area contributed by atoms with Gasteiger partial charge in [0, 0.05) is 55.1 Å². The minimum absolute atomic E-state index is 0. The Labute approximate surface area is 236 Å². The van der Waals surface area contributed by atoms with Crippen molar-refractivity contribution in [2.45, 2.75) is 13.3 Å². The van der Waals surface area contributed by atoms with Crippen molar-refractivity contribution >= 4 is 47.3 Å². The van der Waals surface area contributed by atoms with Gasteiger partial charge >= 0.3 is 0 Å². The fourth-order valence-electron chi connectivity index (χ4n) is 5.10. The van der Waals surface area contributed by atoms with Crippen molar-refractivity contribution in [3.8, 4) is 16.9 Å². The number of halogens is 2. The van der Waals surface area contributed by atoms with E-state index in [9.17, 15) is 4.79 Å². The lowest BCUT2D eigenvalue weighted by Gasteiger charge is -2.36. The minimum Gasteiger partial charge on any atom is -0.496 e. The van der Waals surface area contributed by atoms with Gasteiger partial charge in [0.1, 0.15) is 5.75 Å². The van der Waals surface area contributed by atoms with Gasteiger partial charge in [-0.25, -0.2) is 0 Å². The largest absolute Gasteiger partial charge is 0.496 e. The summed E-state index contributed by atoms with van der Waals surface area (Å²) in [6.45, 7) is 7.06. The molecule has 1 amide bonds. The van der Waals surface area contributed by atoms with Gasteiger partial charge in [-0.05, 0) is 60.9 Å². The van der Waals surface area contributed by atoms with Gasteiger partial charge in [-0.3, -0.25) is 14.7 Å². The van der Waals surface area contributed by atoms with Gasteiger partial charge in [0.2, 0.25) is 5.91 Å². The second-order valence-corrected chi connectivity index (χ2v) is 9.32. The van der Waals surface area contributed by atoms with Gasteiger partial charge in [-0.2, -0.15) is 0 Å². The number of fused-ring (bicyclic) bond motifs is 1. The molecule has 1 fully saturated rings. The van der Waals surface area contributed by atoms with E-state index in [2.05, 4.69) is 52.3 Å². The smallest absolute Gasteiger partial charge is 0.249 e. The normalized spacial score (nSPS) is 13.5. The molecule has 0 atom stereocenters. The highest BCUT2D eigenvalue weighted by atomic mass is 35.5. The summed E-state index contributed by atoms with van der Waals surface area (Å²) in [5.74, 6) is 0.197. The van der Waals surface area contributed by atoms with Crippen LogP contribution in [0.3, 0.4) is 0 Å². The average molecular weight is 554 g/mol. The Bertz CT molecular complexity index is 1400. The van der Waals surface area contributed by atoms with Crippen LogP contribution in [-0.4, -0.2) is 55.6 Å². The number of pyridine rings is 1. The van der Waals surface area contributed by atoms with Gasteiger partial charge in [0.25, 0.3) is 0 Å². The van der Waals surface area contributed by atoms with E-state index in [-0.39, 0.29) is 24.8 Å². The predicted octanol–water partition coefficient (Wildman–Crippen LogP) is 5.53. The molecule has 1 saturated heterocycles. The zero-order valence-electron chi connectivity index (χ0n) is 21.7. The number of anilines is 1. The van der Waals surface area contributed by atoms with E-state index in [1.54, 1.807) is 19.2 Å². The number of primary amides is 1. The molecule has 6 nitrogen and oxygen atoms in total. The first-order chi connectivity index (χ1) is 17.5. The van der Waals surface area contributed by atoms with Crippen molar-refractivity contribution in [1.29, 1.82) is 0 Å². The van der Waals surface area contributed by atoms with Gasteiger partial charge < -0.3 is 15.4 Å². The molecular formula is C30H34Cl2N4O2. The molecule has 0 unspecified atom stereocenters. The third-order valence-corrected chi connectivity index (χ3v) is 7.01. The number of benzene rings is 3. The van der Waals surface area contributed by atoms with Gasteiger partial charge in [0.15, 0.2) is 0 Å². The topological polar surface area (TPSA) is 71.7 Å². The maximum Gasteiger partial charge on any atom is 0.249 e. The number of piperazine rings is 1. The first kappa shape index (κ1) is 29.2. The van der Waals surface area contributed by atoms with E-state index in [1.165, 1.54) is 16.6 Å². The molecule has 3 aromatic carbocycles. The van der Waals surface area contributed by atoms with Crippen LogP contribution in [-0.2, 0) is 6.42 Å². The molecule has 0 saturated carbocycles. The highest BCUT2D eigenvalue weighted by Crippen LogP contribution is 2.34. The molecule has 0 bridgehead atoms.